The zero-order chi connectivity index (χ0) is 23.4. The summed E-state index contributed by atoms with van der Waals surface area (Å²) in [6.07, 6.45) is 0.861. The van der Waals surface area contributed by atoms with E-state index in [4.69, 9.17) is 9.39 Å². The first-order valence-electron chi connectivity index (χ1n) is 11.0. The van der Waals surface area contributed by atoms with Gasteiger partial charge in [0.2, 0.25) is 0 Å². The van der Waals surface area contributed by atoms with Crippen molar-refractivity contribution >= 4 is 40.4 Å². The fraction of sp³-hybridized carbons (Fsp3) is 0.458. The van der Waals surface area contributed by atoms with E-state index in [0.717, 1.165) is 43.7 Å². The van der Waals surface area contributed by atoms with Gasteiger partial charge < -0.3 is 14.3 Å². The molecule has 0 spiro atoms. The van der Waals surface area contributed by atoms with E-state index in [1.54, 1.807) is 18.0 Å². The molecule has 1 saturated heterocycles. The summed E-state index contributed by atoms with van der Waals surface area (Å²) in [7, 11) is 5.36. The largest absolute Gasteiger partial charge is 0.457 e. The molecule has 1 fully saturated rings. The third-order valence-electron chi connectivity index (χ3n) is 6.14. The molecule has 0 amide bonds. The molecular weight excluding hydrogens is 438 g/mol. The summed E-state index contributed by atoms with van der Waals surface area (Å²) in [6, 6.07) is 13.7. The molecular formula is C24H34BN2O3PS. The van der Waals surface area contributed by atoms with Gasteiger partial charge in [0, 0.05) is 41.8 Å². The third kappa shape index (κ3) is 6.82. The Balaban J connectivity index is 1.60. The van der Waals surface area contributed by atoms with Crippen LogP contribution < -0.4 is 10.2 Å². The Hall–Kier alpha value is -1.37. The van der Waals surface area contributed by atoms with Gasteiger partial charge in [-0.15, -0.1) is 9.24 Å². The van der Waals surface area contributed by atoms with Gasteiger partial charge in [0.25, 0.3) is 0 Å². The minimum absolute atomic E-state index is 0.0911. The lowest BCUT2D eigenvalue weighted by Gasteiger charge is -2.39. The van der Waals surface area contributed by atoms with Crippen LogP contribution >= 0.6 is 21.2 Å². The number of hydrogen-bond acceptors (Lipinski definition) is 6. The van der Waals surface area contributed by atoms with Gasteiger partial charge in [-0.2, -0.15) is 0 Å². The van der Waals surface area contributed by atoms with Gasteiger partial charge in [0.1, 0.15) is 17.8 Å². The number of ether oxygens (including phenoxy) is 1. The second-order valence-corrected chi connectivity index (χ2v) is 12.0. The number of likely N-dealkylation sites (N-methyl/N-ethyl adjacent to an activating group) is 1. The summed E-state index contributed by atoms with van der Waals surface area (Å²) in [5.41, 5.74) is 1.09. The Morgan fingerprint density at radius 2 is 1.62 bits per heavy atom. The smallest absolute Gasteiger partial charge is 0.310 e. The number of benzene rings is 2. The third-order valence-corrected chi connectivity index (χ3v) is 7.94. The quantitative estimate of drug-likeness (QED) is 0.238. The summed E-state index contributed by atoms with van der Waals surface area (Å²) in [5, 5.41) is -0.0911. The molecule has 172 valence electrons. The molecule has 3 rings (SSSR count). The van der Waals surface area contributed by atoms with Crippen LogP contribution in [0.5, 0.6) is 11.5 Å². The number of carbonyl (C=O) groups is 1. The predicted molar refractivity (Wildman–Crippen MR) is 139 cm³/mol. The molecule has 2 aromatic carbocycles. The first-order valence-corrected chi connectivity index (χ1v) is 12.3. The molecule has 0 radical (unpaired) electrons. The van der Waals surface area contributed by atoms with Gasteiger partial charge in [-0.25, -0.2) is 4.31 Å². The lowest BCUT2D eigenvalue weighted by Crippen LogP contribution is -2.45. The normalized spacial score (nSPS) is 16.1. The molecule has 0 bridgehead atoms. The van der Waals surface area contributed by atoms with E-state index < -0.39 is 0 Å². The molecule has 0 N–H and O–H groups in total. The summed E-state index contributed by atoms with van der Waals surface area (Å²) < 4.78 is 14.5. The van der Waals surface area contributed by atoms with Crippen LogP contribution in [0.3, 0.4) is 0 Å². The predicted octanol–water partition coefficient (Wildman–Crippen LogP) is 3.97. The van der Waals surface area contributed by atoms with Gasteiger partial charge in [-0.3, -0.25) is 4.79 Å². The lowest BCUT2D eigenvalue weighted by atomic mass is 9.81. The summed E-state index contributed by atoms with van der Waals surface area (Å²) in [4.78, 5) is 15.2. The van der Waals surface area contributed by atoms with Crippen LogP contribution in [-0.2, 0) is 4.65 Å². The molecule has 1 unspecified atom stereocenters. The highest BCUT2D eigenvalue weighted by atomic mass is 32.2. The van der Waals surface area contributed by atoms with Crippen molar-refractivity contribution in [2.24, 2.45) is 0 Å². The topological polar surface area (TPSA) is 42.0 Å². The van der Waals surface area contributed by atoms with Crippen LogP contribution in [0.25, 0.3) is 0 Å². The maximum atomic E-state index is 11.7. The number of piperazine rings is 1. The Kier molecular flexibility index (Phi) is 8.45. The number of hydrogen-bond donors (Lipinski definition) is 0. The highest BCUT2D eigenvalue weighted by Crippen LogP contribution is 2.33. The van der Waals surface area contributed by atoms with Crippen molar-refractivity contribution in [2.75, 3.05) is 33.2 Å². The Labute approximate surface area is 199 Å². The van der Waals surface area contributed by atoms with Crippen molar-refractivity contribution in [1.82, 2.24) is 9.21 Å². The minimum atomic E-state index is -0.350. The van der Waals surface area contributed by atoms with Crippen molar-refractivity contribution < 1.29 is 14.2 Å². The highest BCUT2D eigenvalue weighted by Gasteiger charge is 2.33. The van der Waals surface area contributed by atoms with Crippen LogP contribution in [0.1, 0.15) is 38.1 Å². The molecule has 0 aromatic heterocycles. The van der Waals surface area contributed by atoms with Crippen LogP contribution in [0.2, 0.25) is 0 Å². The summed E-state index contributed by atoms with van der Waals surface area (Å²) >= 11 is 1.79. The molecule has 5 nitrogen and oxygen atoms in total. The molecule has 0 saturated carbocycles. The molecule has 1 aliphatic heterocycles. The maximum absolute atomic E-state index is 11.7. The van der Waals surface area contributed by atoms with Gasteiger partial charge >= 0.3 is 7.48 Å². The van der Waals surface area contributed by atoms with Crippen LogP contribution in [-0.4, -0.2) is 67.0 Å². The fourth-order valence-corrected chi connectivity index (χ4v) is 4.04. The van der Waals surface area contributed by atoms with Gasteiger partial charge in [-0.05, 0) is 74.7 Å². The molecule has 1 heterocycles. The van der Waals surface area contributed by atoms with Crippen molar-refractivity contribution in [3.63, 3.8) is 0 Å². The maximum Gasteiger partial charge on any atom is 0.310 e. The first-order chi connectivity index (χ1) is 15.1. The first kappa shape index (κ1) is 25.3. The van der Waals surface area contributed by atoms with E-state index in [2.05, 4.69) is 65.3 Å². The summed E-state index contributed by atoms with van der Waals surface area (Å²) in [6.45, 7) is 12.7. The Bertz CT molecular complexity index is 910. The number of carbonyl (C=O) groups excluding carboxylic acids is 1. The van der Waals surface area contributed by atoms with Crippen molar-refractivity contribution in [2.45, 2.75) is 43.3 Å². The van der Waals surface area contributed by atoms with E-state index in [1.165, 1.54) is 4.90 Å². The van der Waals surface area contributed by atoms with Crippen LogP contribution in [0.15, 0.2) is 47.4 Å². The molecule has 32 heavy (non-hydrogen) atoms. The lowest BCUT2D eigenvalue weighted by molar-refractivity contribution is 0.0840. The average Bonchev–Trinajstić information content (AvgIpc) is 2.75. The second kappa shape index (κ2) is 10.7. The average molecular weight is 472 g/mol. The highest BCUT2D eigenvalue weighted by molar-refractivity contribution is 7.97. The molecule has 2 aromatic rings. The number of aldehydes is 1. The van der Waals surface area contributed by atoms with Crippen molar-refractivity contribution in [3.8, 4) is 11.5 Å². The molecule has 1 atom stereocenters. The second-order valence-electron chi connectivity index (χ2n) is 9.40. The van der Waals surface area contributed by atoms with Crippen molar-refractivity contribution in [3.05, 3.63) is 48.0 Å². The van der Waals surface area contributed by atoms with Gasteiger partial charge in [0.15, 0.2) is 0 Å². The van der Waals surface area contributed by atoms with E-state index >= 15 is 0 Å². The zero-order valence-corrected chi connectivity index (χ0v) is 21.7. The number of nitrogens with zero attached hydrogens (tertiary/aromatic N) is 2. The minimum Gasteiger partial charge on any atom is -0.457 e. The van der Waals surface area contributed by atoms with Crippen LogP contribution in [0, 0.1) is 0 Å². The standard InChI is InChI=1S/C24H34BN2O3PS/c1-23(2,24(3,4)31)30-25-22-11-8-20(16-18(22)17-28)29-19-6-9-21(10-7-19)32-27-14-12-26(5)13-15-27/h6-11,16-17,25H,12-15,31H2,1-5H3. The van der Waals surface area contributed by atoms with Gasteiger partial charge in [0.05, 0.1) is 5.60 Å². The van der Waals surface area contributed by atoms with E-state index in [9.17, 15) is 4.79 Å². The summed E-state index contributed by atoms with van der Waals surface area (Å²) in [5.74, 6) is 1.39. The number of rotatable bonds is 9. The Morgan fingerprint density at radius 1 is 1.00 bits per heavy atom. The van der Waals surface area contributed by atoms with E-state index in [-0.39, 0.29) is 10.8 Å². The molecule has 8 heteroatoms. The fourth-order valence-electron chi connectivity index (χ4n) is 3.05. The monoisotopic (exact) mass is 472 g/mol. The van der Waals surface area contributed by atoms with Crippen molar-refractivity contribution in [1.29, 1.82) is 0 Å². The SMILES string of the molecule is CN1CCN(Sc2ccc(Oc3ccc(BOC(C)(C)C(C)(C)P)c(C=O)c3)cc2)CC1. The Morgan fingerprint density at radius 3 is 2.22 bits per heavy atom. The molecule has 1 aliphatic rings. The zero-order valence-electron chi connectivity index (χ0n) is 19.8. The van der Waals surface area contributed by atoms with Gasteiger partial charge in [-0.1, -0.05) is 19.9 Å². The van der Waals surface area contributed by atoms with E-state index in [0.29, 0.717) is 18.8 Å². The molecule has 0 aliphatic carbocycles. The van der Waals surface area contributed by atoms with E-state index in [1.807, 2.05) is 24.3 Å². The van der Waals surface area contributed by atoms with Crippen LogP contribution in [0.4, 0.5) is 0 Å².